The van der Waals surface area contributed by atoms with Gasteiger partial charge >= 0.3 is 0 Å². The van der Waals surface area contributed by atoms with Crippen LogP contribution in [0.2, 0.25) is 0 Å². The SMILES string of the molecule is C/C=C\C(=C/C)C(=O)N=c1sc2cc(OC)c(C)cc2n1-c1ccc(OC)cc1. The van der Waals surface area contributed by atoms with Crippen LogP contribution in [0.15, 0.2) is 65.2 Å². The van der Waals surface area contributed by atoms with Crippen molar-refractivity contribution in [1.29, 1.82) is 0 Å². The number of rotatable bonds is 5. The standard InChI is InChI=1S/C23H24N2O3S/c1-6-8-16(7-2)22(26)24-23-25(17-9-11-18(27-4)12-10-17)19-13-15(3)20(28-5)14-21(19)29-23/h6-14H,1-5H3/b8-6-,16-7+,24-23?. The molecule has 1 heterocycles. The summed E-state index contributed by atoms with van der Waals surface area (Å²) in [6.45, 7) is 5.71. The molecule has 2 aromatic carbocycles. The van der Waals surface area contributed by atoms with Gasteiger partial charge in [0, 0.05) is 11.3 Å². The van der Waals surface area contributed by atoms with Crippen molar-refractivity contribution in [3.63, 3.8) is 0 Å². The first-order valence-electron chi connectivity index (χ1n) is 9.25. The van der Waals surface area contributed by atoms with Crippen molar-refractivity contribution in [2.45, 2.75) is 20.8 Å². The van der Waals surface area contributed by atoms with Crippen LogP contribution >= 0.6 is 11.3 Å². The number of carbonyl (C=O) groups excluding carboxylic acids is 1. The predicted octanol–water partition coefficient (Wildman–Crippen LogP) is 4.97. The van der Waals surface area contributed by atoms with Gasteiger partial charge in [0.15, 0.2) is 4.80 Å². The Labute approximate surface area is 174 Å². The second kappa shape index (κ2) is 8.92. The molecule has 6 heteroatoms. The number of aryl methyl sites for hydroxylation is 1. The molecular weight excluding hydrogens is 384 g/mol. The number of allylic oxidation sites excluding steroid dienone is 2. The summed E-state index contributed by atoms with van der Waals surface area (Å²) in [6, 6.07) is 11.7. The molecule has 3 rings (SSSR count). The molecule has 0 aliphatic carbocycles. The molecule has 1 amide bonds. The smallest absolute Gasteiger partial charge is 0.279 e. The van der Waals surface area contributed by atoms with E-state index in [1.54, 1.807) is 26.4 Å². The third-order valence-electron chi connectivity index (χ3n) is 4.54. The van der Waals surface area contributed by atoms with E-state index >= 15 is 0 Å². The van der Waals surface area contributed by atoms with Crippen LogP contribution in [0.3, 0.4) is 0 Å². The van der Waals surface area contributed by atoms with E-state index in [2.05, 4.69) is 11.1 Å². The molecule has 1 aromatic heterocycles. The lowest BCUT2D eigenvalue weighted by Gasteiger charge is -2.09. The van der Waals surface area contributed by atoms with Crippen molar-refractivity contribution in [3.05, 3.63) is 70.6 Å². The van der Waals surface area contributed by atoms with E-state index in [1.807, 2.05) is 61.7 Å². The Morgan fingerprint density at radius 1 is 1.10 bits per heavy atom. The van der Waals surface area contributed by atoms with Crippen molar-refractivity contribution >= 4 is 27.5 Å². The number of ether oxygens (including phenoxy) is 2. The van der Waals surface area contributed by atoms with Crippen molar-refractivity contribution in [2.24, 2.45) is 4.99 Å². The van der Waals surface area contributed by atoms with Crippen LogP contribution in [0.1, 0.15) is 19.4 Å². The van der Waals surface area contributed by atoms with Crippen LogP contribution in [-0.4, -0.2) is 24.7 Å². The number of thiazole rings is 1. The molecule has 0 spiro atoms. The van der Waals surface area contributed by atoms with E-state index < -0.39 is 0 Å². The van der Waals surface area contributed by atoms with Crippen LogP contribution in [0, 0.1) is 6.92 Å². The number of amides is 1. The summed E-state index contributed by atoms with van der Waals surface area (Å²) in [6.07, 6.45) is 5.37. The Hall–Kier alpha value is -3.12. The second-order valence-electron chi connectivity index (χ2n) is 6.37. The summed E-state index contributed by atoms with van der Waals surface area (Å²) in [5.74, 6) is 1.30. The third-order valence-corrected chi connectivity index (χ3v) is 5.55. The molecule has 0 atom stereocenters. The summed E-state index contributed by atoms with van der Waals surface area (Å²) in [5, 5.41) is 0. The molecule has 0 aliphatic rings. The molecule has 0 saturated heterocycles. The predicted molar refractivity (Wildman–Crippen MR) is 118 cm³/mol. The fourth-order valence-corrected chi connectivity index (χ4v) is 4.09. The molecule has 150 valence electrons. The highest BCUT2D eigenvalue weighted by atomic mass is 32.1. The van der Waals surface area contributed by atoms with Gasteiger partial charge in [-0.15, -0.1) is 0 Å². The zero-order valence-corrected chi connectivity index (χ0v) is 18.0. The van der Waals surface area contributed by atoms with Crippen LogP contribution in [0.4, 0.5) is 0 Å². The van der Waals surface area contributed by atoms with E-state index in [9.17, 15) is 4.79 Å². The maximum atomic E-state index is 12.7. The Morgan fingerprint density at radius 2 is 1.83 bits per heavy atom. The van der Waals surface area contributed by atoms with Crippen LogP contribution in [0.25, 0.3) is 15.9 Å². The molecule has 0 bridgehead atoms. The normalized spacial score (nSPS) is 12.7. The first-order valence-corrected chi connectivity index (χ1v) is 10.1. The molecule has 0 aliphatic heterocycles. The number of carbonyl (C=O) groups is 1. The fraction of sp³-hybridized carbons (Fsp3) is 0.217. The van der Waals surface area contributed by atoms with Gasteiger partial charge < -0.3 is 9.47 Å². The summed E-state index contributed by atoms with van der Waals surface area (Å²) >= 11 is 1.45. The molecule has 0 radical (unpaired) electrons. The summed E-state index contributed by atoms with van der Waals surface area (Å²) in [5.41, 5.74) is 3.44. The number of benzene rings is 2. The van der Waals surface area contributed by atoms with Crippen molar-refractivity contribution in [3.8, 4) is 17.2 Å². The number of fused-ring (bicyclic) bond motifs is 1. The Kier molecular flexibility index (Phi) is 6.34. The van der Waals surface area contributed by atoms with Crippen molar-refractivity contribution in [1.82, 2.24) is 4.57 Å². The van der Waals surface area contributed by atoms with Crippen molar-refractivity contribution in [2.75, 3.05) is 14.2 Å². The molecular formula is C23H24N2O3S. The van der Waals surface area contributed by atoms with Gasteiger partial charge in [-0.25, -0.2) is 0 Å². The van der Waals surface area contributed by atoms with Crippen LogP contribution < -0.4 is 14.3 Å². The Balaban J connectivity index is 2.30. The topological polar surface area (TPSA) is 52.8 Å². The van der Waals surface area contributed by atoms with Gasteiger partial charge in [-0.3, -0.25) is 9.36 Å². The average molecular weight is 409 g/mol. The van der Waals surface area contributed by atoms with Gasteiger partial charge in [0.2, 0.25) is 0 Å². The average Bonchev–Trinajstić information content (AvgIpc) is 3.07. The largest absolute Gasteiger partial charge is 0.497 e. The third kappa shape index (κ3) is 4.17. The first-order chi connectivity index (χ1) is 14.0. The summed E-state index contributed by atoms with van der Waals surface area (Å²) < 4.78 is 13.7. The number of aromatic nitrogens is 1. The zero-order chi connectivity index (χ0) is 21.0. The highest BCUT2D eigenvalue weighted by molar-refractivity contribution is 7.16. The van der Waals surface area contributed by atoms with E-state index in [4.69, 9.17) is 9.47 Å². The van der Waals surface area contributed by atoms with E-state index in [0.717, 1.165) is 33.0 Å². The van der Waals surface area contributed by atoms with Gasteiger partial charge in [0.25, 0.3) is 5.91 Å². The molecule has 5 nitrogen and oxygen atoms in total. The minimum Gasteiger partial charge on any atom is -0.497 e. The van der Waals surface area contributed by atoms with Gasteiger partial charge in [-0.05, 0) is 62.7 Å². The zero-order valence-electron chi connectivity index (χ0n) is 17.2. The fourth-order valence-electron chi connectivity index (χ4n) is 3.05. The summed E-state index contributed by atoms with van der Waals surface area (Å²) in [4.78, 5) is 17.8. The van der Waals surface area contributed by atoms with Gasteiger partial charge in [0.05, 0.1) is 24.4 Å². The van der Waals surface area contributed by atoms with Crippen molar-refractivity contribution < 1.29 is 14.3 Å². The number of hydrogen-bond acceptors (Lipinski definition) is 4. The van der Waals surface area contributed by atoms with E-state index in [1.165, 1.54) is 11.3 Å². The first kappa shape index (κ1) is 20.6. The van der Waals surface area contributed by atoms with E-state index in [0.29, 0.717) is 10.4 Å². The Morgan fingerprint density at radius 3 is 2.41 bits per heavy atom. The maximum absolute atomic E-state index is 12.7. The molecule has 3 aromatic rings. The molecule has 0 unspecified atom stereocenters. The highest BCUT2D eigenvalue weighted by Crippen LogP contribution is 2.29. The second-order valence-corrected chi connectivity index (χ2v) is 7.38. The van der Waals surface area contributed by atoms with E-state index in [-0.39, 0.29) is 5.91 Å². The minimum atomic E-state index is -0.275. The molecule has 29 heavy (non-hydrogen) atoms. The molecule has 0 N–H and O–H groups in total. The van der Waals surface area contributed by atoms with Crippen LogP contribution in [0.5, 0.6) is 11.5 Å². The van der Waals surface area contributed by atoms with Gasteiger partial charge in [-0.1, -0.05) is 29.6 Å². The summed E-state index contributed by atoms with van der Waals surface area (Å²) in [7, 11) is 3.29. The number of hydrogen-bond donors (Lipinski definition) is 0. The number of nitrogens with zero attached hydrogens (tertiary/aromatic N) is 2. The lowest BCUT2D eigenvalue weighted by Crippen LogP contribution is -2.15. The number of methoxy groups -OCH3 is 2. The lowest BCUT2D eigenvalue weighted by molar-refractivity contribution is -0.114. The highest BCUT2D eigenvalue weighted by Gasteiger charge is 2.13. The van der Waals surface area contributed by atoms with Crippen LogP contribution in [-0.2, 0) is 4.79 Å². The van der Waals surface area contributed by atoms with Gasteiger partial charge in [-0.2, -0.15) is 4.99 Å². The molecule has 0 fully saturated rings. The monoisotopic (exact) mass is 408 g/mol. The maximum Gasteiger partial charge on any atom is 0.279 e. The lowest BCUT2D eigenvalue weighted by atomic mass is 10.2. The Bertz CT molecular complexity index is 1170. The minimum absolute atomic E-state index is 0.275. The van der Waals surface area contributed by atoms with Gasteiger partial charge in [0.1, 0.15) is 11.5 Å². The quantitative estimate of drug-likeness (QED) is 0.443. The molecule has 0 saturated carbocycles.